The summed E-state index contributed by atoms with van der Waals surface area (Å²) in [5.74, 6) is 1.14. The Labute approximate surface area is 97.6 Å². The molecule has 0 aromatic carbocycles. The molecule has 3 nitrogen and oxygen atoms in total. The summed E-state index contributed by atoms with van der Waals surface area (Å²) < 4.78 is 0. The number of rotatable bonds is 2. The van der Waals surface area contributed by atoms with E-state index in [2.05, 4.69) is 10.2 Å². The van der Waals surface area contributed by atoms with E-state index in [1.54, 1.807) is 0 Å². The molecule has 1 amide bonds. The summed E-state index contributed by atoms with van der Waals surface area (Å²) in [4.78, 5) is 14.1. The molecule has 16 heavy (non-hydrogen) atoms. The van der Waals surface area contributed by atoms with Crippen LogP contribution in [0.1, 0.15) is 44.9 Å². The minimum Gasteiger partial charge on any atom is -0.343 e. The fourth-order valence-electron chi connectivity index (χ4n) is 3.18. The first-order valence-electron chi connectivity index (χ1n) is 6.80. The van der Waals surface area contributed by atoms with Crippen LogP contribution in [0, 0.1) is 5.92 Å². The van der Waals surface area contributed by atoms with Crippen LogP contribution >= 0.6 is 0 Å². The van der Waals surface area contributed by atoms with Gasteiger partial charge in [-0.05, 0) is 51.0 Å². The van der Waals surface area contributed by atoms with Gasteiger partial charge in [-0.2, -0.15) is 0 Å². The van der Waals surface area contributed by atoms with Crippen LogP contribution in [0.3, 0.4) is 0 Å². The predicted octanol–water partition coefficient (Wildman–Crippen LogP) is 1.53. The molecule has 1 spiro atoms. The molecule has 1 saturated carbocycles. The standard InChI is InChI=1S/C13H22N2O/c16-12(10-11-2-3-11)15-8-5-13(6-9-15)4-1-7-14-13/h11,14H,1-10H2. The van der Waals surface area contributed by atoms with Crippen LogP contribution in [0.5, 0.6) is 0 Å². The van der Waals surface area contributed by atoms with E-state index in [1.165, 1.54) is 45.1 Å². The third-order valence-corrected chi connectivity index (χ3v) is 4.57. The Morgan fingerprint density at radius 3 is 2.56 bits per heavy atom. The zero-order valence-electron chi connectivity index (χ0n) is 10.0. The summed E-state index contributed by atoms with van der Waals surface area (Å²) in [7, 11) is 0. The van der Waals surface area contributed by atoms with E-state index in [0.717, 1.165) is 25.4 Å². The molecule has 3 heteroatoms. The van der Waals surface area contributed by atoms with Crippen LogP contribution in [-0.2, 0) is 4.79 Å². The molecule has 3 fully saturated rings. The molecule has 0 aromatic rings. The fourth-order valence-corrected chi connectivity index (χ4v) is 3.18. The summed E-state index contributed by atoms with van der Waals surface area (Å²) in [6.45, 7) is 3.15. The number of amides is 1. The largest absolute Gasteiger partial charge is 0.343 e. The van der Waals surface area contributed by atoms with E-state index in [9.17, 15) is 4.79 Å². The minimum atomic E-state index is 0.399. The topological polar surface area (TPSA) is 32.3 Å². The van der Waals surface area contributed by atoms with Gasteiger partial charge in [0.2, 0.25) is 5.91 Å². The molecule has 3 rings (SSSR count). The second kappa shape index (κ2) is 4.02. The van der Waals surface area contributed by atoms with Crippen molar-refractivity contribution in [2.75, 3.05) is 19.6 Å². The van der Waals surface area contributed by atoms with Gasteiger partial charge in [0.25, 0.3) is 0 Å². The Morgan fingerprint density at radius 2 is 2.00 bits per heavy atom. The molecule has 2 heterocycles. The first kappa shape index (κ1) is 10.6. The van der Waals surface area contributed by atoms with Gasteiger partial charge in [-0.1, -0.05) is 0 Å². The van der Waals surface area contributed by atoms with Gasteiger partial charge in [-0.25, -0.2) is 0 Å². The van der Waals surface area contributed by atoms with Gasteiger partial charge in [0.15, 0.2) is 0 Å². The second-order valence-electron chi connectivity index (χ2n) is 5.84. The summed E-state index contributed by atoms with van der Waals surface area (Å²) in [6.07, 6.45) is 8.36. The number of hydrogen-bond acceptors (Lipinski definition) is 2. The molecular formula is C13H22N2O. The number of carbonyl (C=O) groups excluding carboxylic acids is 1. The second-order valence-corrected chi connectivity index (χ2v) is 5.84. The van der Waals surface area contributed by atoms with Gasteiger partial charge < -0.3 is 10.2 Å². The van der Waals surface area contributed by atoms with Crippen LogP contribution in [0.2, 0.25) is 0 Å². The van der Waals surface area contributed by atoms with Gasteiger partial charge in [-0.3, -0.25) is 4.79 Å². The summed E-state index contributed by atoms with van der Waals surface area (Å²) >= 11 is 0. The van der Waals surface area contributed by atoms with Crippen molar-refractivity contribution in [3.8, 4) is 0 Å². The van der Waals surface area contributed by atoms with Crippen LogP contribution in [0.25, 0.3) is 0 Å². The molecule has 2 aliphatic heterocycles. The highest BCUT2D eigenvalue weighted by Crippen LogP contribution is 2.35. The van der Waals surface area contributed by atoms with Crippen LogP contribution in [0.4, 0.5) is 0 Å². The maximum Gasteiger partial charge on any atom is 0.222 e. The van der Waals surface area contributed by atoms with Crippen LogP contribution in [0.15, 0.2) is 0 Å². The Hall–Kier alpha value is -0.570. The lowest BCUT2D eigenvalue weighted by Crippen LogP contribution is -2.51. The zero-order chi connectivity index (χ0) is 11.0. The van der Waals surface area contributed by atoms with Gasteiger partial charge in [0.1, 0.15) is 0 Å². The number of nitrogens with zero attached hydrogens (tertiary/aromatic N) is 1. The maximum atomic E-state index is 12.0. The molecule has 1 aliphatic carbocycles. The van der Waals surface area contributed by atoms with Crippen molar-refractivity contribution in [2.45, 2.75) is 50.5 Å². The number of hydrogen-bond donors (Lipinski definition) is 1. The third-order valence-electron chi connectivity index (χ3n) is 4.57. The molecule has 90 valence electrons. The average molecular weight is 222 g/mol. The molecule has 2 saturated heterocycles. The van der Waals surface area contributed by atoms with E-state index < -0.39 is 0 Å². The lowest BCUT2D eigenvalue weighted by Gasteiger charge is -2.39. The van der Waals surface area contributed by atoms with Crippen molar-refractivity contribution in [1.29, 1.82) is 0 Å². The van der Waals surface area contributed by atoms with Crippen molar-refractivity contribution < 1.29 is 4.79 Å². The summed E-state index contributed by atoms with van der Waals surface area (Å²) in [6, 6.07) is 0. The number of nitrogens with one attached hydrogen (secondary N) is 1. The maximum absolute atomic E-state index is 12.0. The van der Waals surface area contributed by atoms with Gasteiger partial charge in [-0.15, -0.1) is 0 Å². The average Bonchev–Trinajstić information content (AvgIpc) is 3.00. The first-order valence-corrected chi connectivity index (χ1v) is 6.80. The molecule has 0 radical (unpaired) electrons. The molecule has 3 aliphatic rings. The number of carbonyl (C=O) groups is 1. The van der Waals surface area contributed by atoms with Crippen molar-refractivity contribution in [1.82, 2.24) is 10.2 Å². The zero-order valence-corrected chi connectivity index (χ0v) is 10.0. The summed E-state index contributed by atoms with van der Waals surface area (Å²) in [5, 5.41) is 3.65. The van der Waals surface area contributed by atoms with Gasteiger partial charge in [0, 0.05) is 25.0 Å². The smallest absolute Gasteiger partial charge is 0.222 e. The Balaban J connectivity index is 1.51. The van der Waals surface area contributed by atoms with E-state index in [0.29, 0.717) is 11.4 Å². The molecular weight excluding hydrogens is 200 g/mol. The van der Waals surface area contributed by atoms with E-state index in [1.807, 2.05) is 0 Å². The molecule has 0 bridgehead atoms. The fraction of sp³-hybridized carbons (Fsp3) is 0.923. The predicted molar refractivity (Wildman–Crippen MR) is 63.1 cm³/mol. The van der Waals surface area contributed by atoms with E-state index in [4.69, 9.17) is 0 Å². The lowest BCUT2D eigenvalue weighted by atomic mass is 9.86. The highest BCUT2D eigenvalue weighted by atomic mass is 16.2. The van der Waals surface area contributed by atoms with E-state index in [-0.39, 0.29) is 0 Å². The first-order chi connectivity index (χ1) is 7.77. The molecule has 0 unspecified atom stereocenters. The number of likely N-dealkylation sites (tertiary alicyclic amines) is 1. The van der Waals surface area contributed by atoms with Gasteiger partial charge in [0.05, 0.1) is 0 Å². The van der Waals surface area contributed by atoms with Crippen molar-refractivity contribution in [3.05, 3.63) is 0 Å². The molecule has 0 aromatic heterocycles. The Morgan fingerprint density at radius 1 is 1.25 bits per heavy atom. The van der Waals surface area contributed by atoms with Crippen LogP contribution in [-0.4, -0.2) is 36.0 Å². The number of piperidine rings is 1. The van der Waals surface area contributed by atoms with E-state index >= 15 is 0 Å². The lowest BCUT2D eigenvalue weighted by molar-refractivity contribution is -0.133. The van der Waals surface area contributed by atoms with Crippen LogP contribution < -0.4 is 5.32 Å². The summed E-state index contributed by atoms with van der Waals surface area (Å²) in [5.41, 5.74) is 0.399. The monoisotopic (exact) mass is 222 g/mol. The van der Waals surface area contributed by atoms with Gasteiger partial charge >= 0.3 is 0 Å². The quantitative estimate of drug-likeness (QED) is 0.768. The highest BCUT2D eigenvalue weighted by Gasteiger charge is 2.38. The minimum absolute atomic E-state index is 0.399. The van der Waals surface area contributed by atoms with Crippen molar-refractivity contribution in [3.63, 3.8) is 0 Å². The Bertz CT molecular complexity index is 270. The normalized spacial score (nSPS) is 28.6. The third kappa shape index (κ3) is 2.10. The molecule has 0 atom stereocenters. The highest BCUT2D eigenvalue weighted by molar-refractivity contribution is 5.76. The van der Waals surface area contributed by atoms with Crippen molar-refractivity contribution in [2.24, 2.45) is 5.92 Å². The molecule has 1 N–H and O–H groups in total. The Kier molecular flexibility index (Phi) is 2.66. The van der Waals surface area contributed by atoms with Crippen molar-refractivity contribution >= 4 is 5.91 Å². The SMILES string of the molecule is O=C(CC1CC1)N1CCC2(CCCN2)CC1.